The van der Waals surface area contributed by atoms with Crippen LogP contribution in [0.15, 0.2) is 48.5 Å². The summed E-state index contributed by atoms with van der Waals surface area (Å²) in [5.74, 6) is -0.0385. The van der Waals surface area contributed by atoms with Gasteiger partial charge in [0.2, 0.25) is 0 Å². The van der Waals surface area contributed by atoms with Crippen LogP contribution in [0, 0.1) is 5.82 Å². The summed E-state index contributed by atoms with van der Waals surface area (Å²) in [6, 6.07) is 14.0. The highest BCUT2D eigenvalue weighted by molar-refractivity contribution is 5.91. The number of halogens is 1. The van der Waals surface area contributed by atoms with E-state index in [0.717, 1.165) is 18.8 Å². The molecule has 1 aliphatic rings. The van der Waals surface area contributed by atoms with Gasteiger partial charge in [0.1, 0.15) is 5.82 Å². The van der Waals surface area contributed by atoms with Gasteiger partial charge in [-0.1, -0.05) is 18.2 Å². The maximum atomic E-state index is 13.4. The smallest absolute Gasteiger partial charge is 0.323 e. The number of para-hydroxylation sites is 1. The summed E-state index contributed by atoms with van der Waals surface area (Å²) in [7, 11) is 1.43. The van der Waals surface area contributed by atoms with E-state index in [1.807, 2.05) is 18.2 Å². The quantitative estimate of drug-likeness (QED) is 0.755. The molecule has 8 heteroatoms. The molecule has 2 heterocycles. The van der Waals surface area contributed by atoms with E-state index in [0.29, 0.717) is 24.1 Å². The number of fused-ring (bicyclic) bond motifs is 1. The van der Waals surface area contributed by atoms with Crippen LogP contribution >= 0.6 is 0 Å². The van der Waals surface area contributed by atoms with E-state index in [1.54, 1.807) is 4.90 Å². The van der Waals surface area contributed by atoms with Gasteiger partial charge in [-0.2, -0.15) is 0 Å². The standard InChI is InChI=1S/C20H20FN5O2/c1-28-19-18(22-16-8-7-14(21)13-17(16)23-19)24-20(27)26-11-9-25(10-12-26)15-5-3-2-4-6-15/h2-8,13H,9-12H2,1H3,(H,22,24,27). The zero-order chi connectivity index (χ0) is 19.5. The topological polar surface area (TPSA) is 70.6 Å². The number of amides is 2. The van der Waals surface area contributed by atoms with Gasteiger partial charge >= 0.3 is 6.03 Å². The third-order valence-electron chi connectivity index (χ3n) is 4.70. The molecular weight excluding hydrogens is 361 g/mol. The normalized spacial score (nSPS) is 14.2. The number of benzene rings is 2. The first kappa shape index (κ1) is 18.0. The van der Waals surface area contributed by atoms with Gasteiger partial charge in [0.25, 0.3) is 5.88 Å². The molecule has 1 aromatic heterocycles. The minimum Gasteiger partial charge on any atom is -0.478 e. The van der Waals surface area contributed by atoms with Crippen LogP contribution in [0.3, 0.4) is 0 Å². The summed E-state index contributed by atoms with van der Waals surface area (Å²) < 4.78 is 18.6. The van der Waals surface area contributed by atoms with Crippen molar-refractivity contribution in [2.75, 3.05) is 43.5 Å². The molecule has 144 valence electrons. The lowest BCUT2D eigenvalue weighted by Gasteiger charge is -2.36. The average molecular weight is 381 g/mol. The summed E-state index contributed by atoms with van der Waals surface area (Å²) in [5.41, 5.74) is 1.99. The fraction of sp³-hybridized carbons (Fsp3) is 0.250. The summed E-state index contributed by atoms with van der Waals surface area (Å²) in [6.45, 7) is 2.68. The molecule has 0 atom stereocenters. The predicted molar refractivity (Wildman–Crippen MR) is 105 cm³/mol. The monoisotopic (exact) mass is 381 g/mol. The maximum Gasteiger partial charge on any atom is 0.323 e. The first-order chi connectivity index (χ1) is 13.6. The molecular formula is C20H20FN5O2. The average Bonchev–Trinajstić information content (AvgIpc) is 2.74. The lowest BCUT2D eigenvalue weighted by Crippen LogP contribution is -2.50. The fourth-order valence-corrected chi connectivity index (χ4v) is 3.22. The van der Waals surface area contributed by atoms with Crippen molar-refractivity contribution in [3.63, 3.8) is 0 Å². The summed E-state index contributed by atoms with van der Waals surface area (Å²) >= 11 is 0. The third-order valence-corrected chi connectivity index (χ3v) is 4.70. The summed E-state index contributed by atoms with van der Waals surface area (Å²) in [5, 5.41) is 2.77. The third kappa shape index (κ3) is 3.66. The molecule has 0 spiro atoms. The van der Waals surface area contributed by atoms with E-state index >= 15 is 0 Å². The second kappa shape index (κ2) is 7.67. The number of urea groups is 1. The number of nitrogens with one attached hydrogen (secondary N) is 1. The number of carbonyl (C=O) groups is 1. The Morgan fingerprint density at radius 3 is 2.50 bits per heavy atom. The Balaban J connectivity index is 1.46. The maximum absolute atomic E-state index is 13.4. The first-order valence-electron chi connectivity index (χ1n) is 9.01. The number of piperazine rings is 1. The Labute approximate surface area is 161 Å². The van der Waals surface area contributed by atoms with Gasteiger partial charge in [-0.25, -0.2) is 19.2 Å². The summed E-state index contributed by atoms with van der Waals surface area (Å²) in [6.07, 6.45) is 0. The Morgan fingerprint density at radius 1 is 1.04 bits per heavy atom. The van der Waals surface area contributed by atoms with E-state index in [2.05, 4.69) is 32.3 Å². The zero-order valence-corrected chi connectivity index (χ0v) is 15.4. The van der Waals surface area contributed by atoms with E-state index in [-0.39, 0.29) is 17.7 Å². The Bertz CT molecular complexity index is 991. The minimum atomic E-state index is -0.406. The van der Waals surface area contributed by atoms with Crippen LogP contribution in [0.1, 0.15) is 0 Å². The molecule has 1 aliphatic heterocycles. The van der Waals surface area contributed by atoms with Crippen molar-refractivity contribution in [2.24, 2.45) is 0 Å². The molecule has 28 heavy (non-hydrogen) atoms. The number of ether oxygens (including phenoxy) is 1. The molecule has 0 unspecified atom stereocenters. The van der Waals surface area contributed by atoms with Gasteiger partial charge < -0.3 is 14.5 Å². The van der Waals surface area contributed by atoms with Crippen LogP contribution in [-0.4, -0.2) is 54.2 Å². The van der Waals surface area contributed by atoms with Crippen LogP contribution < -0.4 is 15.0 Å². The molecule has 1 N–H and O–H groups in total. The predicted octanol–water partition coefficient (Wildman–Crippen LogP) is 3.13. The SMILES string of the molecule is COc1nc2cc(F)ccc2nc1NC(=O)N1CCN(c2ccccc2)CC1. The lowest BCUT2D eigenvalue weighted by atomic mass is 10.2. The highest BCUT2D eigenvalue weighted by Crippen LogP contribution is 2.24. The molecule has 1 fully saturated rings. The highest BCUT2D eigenvalue weighted by atomic mass is 19.1. The van der Waals surface area contributed by atoms with E-state index in [1.165, 1.54) is 25.3 Å². The van der Waals surface area contributed by atoms with E-state index in [9.17, 15) is 9.18 Å². The van der Waals surface area contributed by atoms with Crippen LogP contribution in [0.2, 0.25) is 0 Å². The van der Waals surface area contributed by atoms with Crippen molar-refractivity contribution in [3.05, 3.63) is 54.3 Å². The number of rotatable bonds is 3. The van der Waals surface area contributed by atoms with E-state index in [4.69, 9.17) is 4.74 Å². The van der Waals surface area contributed by atoms with Crippen molar-refractivity contribution >= 4 is 28.6 Å². The van der Waals surface area contributed by atoms with Crippen molar-refractivity contribution in [1.82, 2.24) is 14.9 Å². The number of methoxy groups -OCH3 is 1. The Morgan fingerprint density at radius 2 is 1.79 bits per heavy atom. The van der Waals surface area contributed by atoms with Crippen molar-refractivity contribution < 1.29 is 13.9 Å². The minimum absolute atomic E-state index is 0.148. The van der Waals surface area contributed by atoms with E-state index < -0.39 is 5.82 Å². The second-order valence-corrected chi connectivity index (χ2v) is 6.45. The molecule has 7 nitrogen and oxygen atoms in total. The number of nitrogens with zero attached hydrogens (tertiary/aromatic N) is 4. The zero-order valence-electron chi connectivity index (χ0n) is 15.4. The van der Waals surface area contributed by atoms with Crippen molar-refractivity contribution in [1.29, 1.82) is 0 Å². The van der Waals surface area contributed by atoms with Crippen LogP contribution in [0.5, 0.6) is 5.88 Å². The van der Waals surface area contributed by atoms with Gasteiger partial charge in [0.05, 0.1) is 18.1 Å². The number of aromatic nitrogens is 2. The summed E-state index contributed by atoms with van der Waals surface area (Å²) in [4.78, 5) is 25.3. The molecule has 2 aromatic carbocycles. The van der Waals surface area contributed by atoms with Crippen molar-refractivity contribution in [3.8, 4) is 5.88 Å². The highest BCUT2D eigenvalue weighted by Gasteiger charge is 2.23. The molecule has 4 rings (SSSR count). The van der Waals surface area contributed by atoms with Crippen LogP contribution in [0.4, 0.5) is 20.7 Å². The number of hydrogen-bond donors (Lipinski definition) is 1. The van der Waals surface area contributed by atoms with Crippen LogP contribution in [0.25, 0.3) is 11.0 Å². The van der Waals surface area contributed by atoms with Gasteiger partial charge in [0, 0.05) is 37.9 Å². The molecule has 0 bridgehead atoms. The number of anilines is 2. The Hall–Kier alpha value is -3.42. The molecule has 1 saturated heterocycles. The van der Waals surface area contributed by atoms with Gasteiger partial charge in [0.15, 0.2) is 5.82 Å². The largest absolute Gasteiger partial charge is 0.478 e. The van der Waals surface area contributed by atoms with Gasteiger partial charge in [-0.3, -0.25) is 5.32 Å². The van der Waals surface area contributed by atoms with Crippen molar-refractivity contribution in [2.45, 2.75) is 0 Å². The fourth-order valence-electron chi connectivity index (χ4n) is 3.22. The lowest BCUT2D eigenvalue weighted by molar-refractivity contribution is 0.208. The van der Waals surface area contributed by atoms with Crippen LogP contribution in [-0.2, 0) is 0 Å². The molecule has 0 saturated carbocycles. The Kier molecular flexibility index (Phi) is 4.92. The molecule has 3 aromatic rings. The number of carbonyl (C=O) groups excluding carboxylic acids is 1. The first-order valence-corrected chi connectivity index (χ1v) is 9.01. The van der Waals surface area contributed by atoms with Gasteiger partial charge in [-0.05, 0) is 24.3 Å². The van der Waals surface area contributed by atoms with Gasteiger partial charge in [-0.15, -0.1) is 0 Å². The second-order valence-electron chi connectivity index (χ2n) is 6.45. The molecule has 0 radical (unpaired) electrons. The molecule has 0 aliphatic carbocycles. The number of hydrogen-bond acceptors (Lipinski definition) is 5. The molecule has 2 amide bonds.